The van der Waals surface area contributed by atoms with Crippen molar-refractivity contribution in [1.29, 1.82) is 0 Å². The second-order valence-electron chi connectivity index (χ2n) is 9.02. The number of likely N-dealkylation sites (N-methyl/N-ethyl adjacent to an activating group) is 1. The van der Waals surface area contributed by atoms with Gasteiger partial charge in [0.05, 0.1) is 22.4 Å². The Bertz CT molecular complexity index is 1710. The zero-order chi connectivity index (χ0) is 25.4. The molecular formula is C28H24FN7O. The molecule has 0 aliphatic heterocycles. The van der Waals surface area contributed by atoms with E-state index < -0.39 is 5.82 Å². The van der Waals surface area contributed by atoms with Crippen LogP contribution in [0, 0.1) is 5.82 Å². The number of H-pyrrole nitrogens is 2. The third-order valence-corrected chi connectivity index (χ3v) is 6.10. The number of halogens is 1. The third kappa shape index (κ3) is 4.52. The number of imidazole rings is 1. The molecule has 0 fully saturated rings. The molecule has 0 amide bonds. The molecule has 0 saturated heterocycles. The Morgan fingerprint density at radius 2 is 1.81 bits per heavy atom. The summed E-state index contributed by atoms with van der Waals surface area (Å²) in [5.74, 6) is 0.645. The Kier molecular flexibility index (Phi) is 5.82. The van der Waals surface area contributed by atoms with Gasteiger partial charge in [-0.2, -0.15) is 5.10 Å². The lowest BCUT2D eigenvalue weighted by Crippen LogP contribution is -2.19. The number of pyridine rings is 2. The first-order valence-corrected chi connectivity index (χ1v) is 11.9. The summed E-state index contributed by atoms with van der Waals surface area (Å²) in [4.78, 5) is 19.2. The van der Waals surface area contributed by atoms with Crippen LogP contribution in [0.5, 0.6) is 5.75 Å². The molecular weight excluding hydrogens is 469 g/mol. The van der Waals surface area contributed by atoms with Gasteiger partial charge in [-0.05, 0) is 56.6 Å². The number of nitrogens with zero attached hydrogens (tertiary/aromatic N) is 5. The van der Waals surface area contributed by atoms with Gasteiger partial charge in [0.15, 0.2) is 5.82 Å². The molecule has 184 valence electrons. The SMILES string of the molecule is CN(C)CCOc1cc(F)cc(-c2nccc3[nH]c(-c4n[nH]c5ccc(-c6ccccn6)cc45)nc23)c1. The van der Waals surface area contributed by atoms with E-state index in [2.05, 4.69) is 25.1 Å². The summed E-state index contributed by atoms with van der Waals surface area (Å²) in [6, 6.07) is 18.3. The van der Waals surface area contributed by atoms with Crippen molar-refractivity contribution in [2.45, 2.75) is 0 Å². The highest BCUT2D eigenvalue weighted by molar-refractivity contribution is 5.97. The van der Waals surface area contributed by atoms with Gasteiger partial charge < -0.3 is 14.6 Å². The molecule has 0 aliphatic carbocycles. The lowest BCUT2D eigenvalue weighted by Gasteiger charge is -2.12. The van der Waals surface area contributed by atoms with Crippen molar-refractivity contribution >= 4 is 21.9 Å². The number of ether oxygens (including phenoxy) is 1. The first-order chi connectivity index (χ1) is 18.0. The monoisotopic (exact) mass is 493 g/mol. The minimum absolute atomic E-state index is 0.396. The van der Waals surface area contributed by atoms with Crippen molar-refractivity contribution in [3.05, 3.63) is 78.9 Å². The highest BCUT2D eigenvalue weighted by Gasteiger charge is 2.17. The maximum absolute atomic E-state index is 14.5. The van der Waals surface area contributed by atoms with E-state index in [1.165, 1.54) is 12.1 Å². The van der Waals surface area contributed by atoms with Crippen molar-refractivity contribution in [2.24, 2.45) is 0 Å². The molecule has 2 N–H and O–H groups in total. The quantitative estimate of drug-likeness (QED) is 0.313. The van der Waals surface area contributed by atoms with E-state index in [9.17, 15) is 4.39 Å². The molecule has 0 spiro atoms. The van der Waals surface area contributed by atoms with Crippen molar-refractivity contribution in [3.8, 4) is 39.8 Å². The van der Waals surface area contributed by atoms with Gasteiger partial charge in [0.1, 0.15) is 29.4 Å². The Morgan fingerprint density at radius 1 is 0.892 bits per heavy atom. The van der Waals surface area contributed by atoms with Gasteiger partial charge in [-0.15, -0.1) is 0 Å². The van der Waals surface area contributed by atoms with Crippen LogP contribution in [0.4, 0.5) is 4.39 Å². The summed E-state index contributed by atoms with van der Waals surface area (Å²) < 4.78 is 20.3. The summed E-state index contributed by atoms with van der Waals surface area (Å²) in [5.41, 5.74) is 5.98. The predicted molar refractivity (Wildman–Crippen MR) is 142 cm³/mol. The number of benzene rings is 2. The molecule has 0 radical (unpaired) electrons. The van der Waals surface area contributed by atoms with Crippen LogP contribution in [-0.2, 0) is 0 Å². The average molecular weight is 494 g/mol. The normalized spacial score (nSPS) is 11.6. The smallest absolute Gasteiger partial charge is 0.159 e. The first-order valence-electron chi connectivity index (χ1n) is 11.9. The van der Waals surface area contributed by atoms with E-state index in [-0.39, 0.29) is 0 Å². The molecule has 0 atom stereocenters. The average Bonchev–Trinajstić information content (AvgIpc) is 3.52. The van der Waals surface area contributed by atoms with Crippen molar-refractivity contribution in [2.75, 3.05) is 27.2 Å². The molecule has 6 aromatic rings. The Morgan fingerprint density at radius 3 is 2.65 bits per heavy atom. The van der Waals surface area contributed by atoms with Gasteiger partial charge in [-0.25, -0.2) is 9.37 Å². The zero-order valence-corrected chi connectivity index (χ0v) is 20.4. The maximum atomic E-state index is 14.5. The van der Waals surface area contributed by atoms with E-state index in [0.717, 1.165) is 34.2 Å². The second-order valence-corrected chi connectivity index (χ2v) is 9.02. The van der Waals surface area contributed by atoms with Crippen LogP contribution in [-0.4, -0.2) is 62.3 Å². The number of rotatable bonds is 7. The summed E-state index contributed by atoms with van der Waals surface area (Å²) in [6.07, 6.45) is 3.45. The minimum Gasteiger partial charge on any atom is -0.492 e. The second kappa shape index (κ2) is 9.44. The van der Waals surface area contributed by atoms with Crippen LogP contribution in [0.25, 0.3) is 56.0 Å². The fourth-order valence-corrected chi connectivity index (χ4v) is 4.27. The van der Waals surface area contributed by atoms with E-state index >= 15 is 0 Å². The summed E-state index contributed by atoms with van der Waals surface area (Å²) in [7, 11) is 3.92. The van der Waals surface area contributed by atoms with Crippen LogP contribution in [0.3, 0.4) is 0 Å². The third-order valence-electron chi connectivity index (χ3n) is 6.10. The number of nitrogens with one attached hydrogen (secondary N) is 2. The summed E-state index contributed by atoms with van der Waals surface area (Å²) in [5, 5.41) is 8.53. The van der Waals surface area contributed by atoms with Gasteiger partial charge >= 0.3 is 0 Å². The molecule has 0 bridgehead atoms. The van der Waals surface area contributed by atoms with Crippen molar-refractivity contribution < 1.29 is 9.13 Å². The molecule has 0 saturated carbocycles. The topological polar surface area (TPSA) is 95.6 Å². The molecule has 0 aliphatic rings. The molecule has 0 unspecified atom stereocenters. The van der Waals surface area contributed by atoms with E-state index in [1.54, 1.807) is 18.5 Å². The standard InChI is InChI=1S/C28H24FN7O/c1-36(2)11-12-37-20-14-18(13-19(29)16-20)25-27-24(8-10-31-25)32-28(33-27)26-21-15-17(6-7-23(21)34-35-26)22-5-3-4-9-30-22/h3-10,13-16H,11-12H2,1-2H3,(H,32,33)(H,34,35). The lowest BCUT2D eigenvalue weighted by atomic mass is 10.1. The van der Waals surface area contributed by atoms with Gasteiger partial charge in [0, 0.05) is 41.5 Å². The maximum Gasteiger partial charge on any atom is 0.159 e. The summed E-state index contributed by atoms with van der Waals surface area (Å²) in [6.45, 7) is 1.18. The van der Waals surface area contributed by atoms with E-state index in [1.807, 2.05) is 61.5 Å². The fraction of sp³-hybridized carbons (Fsp3) is 0.143. The van der Waals surface area contributed by atoms with E-state index in [0.29, 0.717) is 40.6 Å². The van der Waals surface area contributed by atoms with Crippen LogP contribution >= 0.6 is 0 Å². The minimum atomic E-state index is -0.396. The van der Waals surface area contributed by atoms with Gasteiger partial charge in [-0.3, -0.25) is 15.1 Å². The van der Waals surface area contributed by atoms with Gasteiger partial charge in [-0.1, -0.05) is 12.1 Å². The molecule has 2 aromatic carbocycles. The Balaban J connectivity index is 1.41. The highest BCUT2D eigenvalue weighted by atomic mass is 19.1. The molecule has 8 nitrogen and oxygen atoms in total. The Labute approximate surface area is 212 Å². The largest absolute Gasteiger partial charge is 0.492 e. The number of fused-ring (bicyclic) bond motifs is 2. The van der Waals surface area contributed by atoms with Crippen LogP contribution < -0.4 is 4.74 Å². The molecule has 4 aromatic heterocycles. The molecule has 37 heavy (non-hydrogen) atoms. The lowest BCUT2D eigenvalue weighted by molar-refractivity contribution is 0.260. The zero-order valence-electron chi connectivity index (χ0n) is 20.4. The molecule has 9 heteroatoms. The Hall–Kier alpha value is -4.63. The van der Waals surface area contributed by atoms with Crippen LogP contribution in [0.15, 0.2) is 73.1 Å². The van der Waals surface area contributed by atoms with Crippen LogP contribution in [0.1, 0.15) is 0 Å². The predicted octanol–water partition coefficient (Wildman–Crippen LogP) is 5.31. The summed E-state index contributed by atoms with van der Waals surface area (Å²) >= 11 is 0. The van der Waals surface area contributed by atoms with Crippen molar-refractivity contribution in [1.82, 2.24) is 35.0 Å². The molecule has 6 rings (SSSR count). The fourth-order valence-electron chi connectivity index (χ4n) is 4.27. The highest BCUT2D eigenvalue weighted by Crippen LogP contribution is 2.33. The molecule has 4 heterocycles. The van der Waals surface area contributed by atoms with Gasteiger partial charge in [0.2, 0.25) is 0 Å². The number of hydrogen-bond donors (Lipinski definition) is 2. The van der Waals surface area contributed by atoms with Gasteiger partial charge in [0.25, 0.3) is 0 Å². The first kappa shape index (κ1) is 22.8. The van der Waals surface area contributed by atoms with Crippen molar-refractivity contribution in [3.63, 3.8) is 0 Å². The number of aromatic nitrogens is 6. The van der Waals surface area contributed by atoms with Crippen LogP contribution in [0.2, 0.25) is 0 Å². The van der Waals surface area contributed by atoms with E-state index in [4.69, 9.17) is 9.72 Å². The number of aromatic amines is 2. The number of hydrogen-bond acceptors (Lipinski definition) is 6.